The Hall–Kier alpha value is -3.40. The van der Waals surface area contributed by atoms with Crippen LogP contribution in [0.1, 0.15) is 42.6 Å². The van der Waals surface area contributed by atoms with Gasteiger partial charge in [0, 0.05) is 25.9 Å². The molecule has 1 N–H and O–H groups in total. The number of para-hydroxylation sites is 2. The van der Waals surface area contributed by atoms with Crippen molar-refractivity contribution in [3.05, 3.63) is 102 Å². The molecule has 0 bridgehead atoms. The molecule has 0 spiro atoms. The predicted molar refractivity (Wildman–Crippen MR) is 131 cm³/mol. The zero-order chi connectivity index (χ0) is 22.0. The Labute approximate surface area is 190 Å². The lowest BCUT2D eigenvalue weighted by molar-refractivity contribution is -0.121. The summed E-state index contributed by atoms with van der Waals surface area (Å²) >= 11 is 0. The van der Waals surface area contributed by atoms with Gasteiger partial charge in [0.1, 0.15) is 5.82 Å². The van der Waals surface area contributed by atoms with Gasteiger partial charge in [0.15, 0.2) is 0 Å². The number of imidazole rings is 1. The fourth-order valence-corrected chi connectivity index (χ4v) is 4.06. The third-order valence-corrected chi connectivity index (χ3v) is 5.80. The Morgan fingerprint density at radius 1 is 0.750 bits per heavy atom. The van der Waals surface area contributed by atoms with Crippen LogP contribution in [-0.2, 0) is 24.2 Å². The maximum absolute atomic E-state index is 12.1. The van der Waals surface area contributed by atoms with Crippen molar-refractivity contribution < 1.29 is 4.79 Å². The first-order chi connectivity index (χ1) is 15.8. The first-order valence-corrected chi connectivity index (χ1v) is 11.6. The SMILES string of the molecule is O=C(CCc1ccccc1)NCCCCCc1nc2ccccc2n1Cc1ccccc1. The Morgan fingerprint density at radius 2 is 1.44 bits per heavy atom. The number of aryl methyl sites for hydroxylation is 2. The van der Waals surface area contributed by atoms with E-state index in [1.807, 2.05) is 24.3 Å². The molecule has 0 fully saturated rings. The van der Waals surface area contributed by atoms with Crippen molar-refractivity contribution in [2.45, 2.75) is 45.1 Å². The molecule has 4 rings (SSSR count). The van der Waals surface area contributed by atoms with E-state index < -0.39 is 0 Å². The number of hydrogen-bond acceptors (Lipinski definition) is 2. The highest BCUT2D eigenvalue weighted by Gasteiger charge is 2.10. The second kappa shape index (κ2) is 11.3. The molecule has 164 valence electrons. The van der Waals surface area contributed by atoms with E-state index in [-0.39, 0.29) is 5.91 Å². The molecule has 4 aromatic rings. The first kappa shape index (κ1) is 21.8. The van der Waals surface area contributed by atoms with Gasteiger partial charge in [-0.3, -0.25) is 4.79 Å². The highest BCUT2D eigenvalue weighted by Crippen LogP contribution is 2.19. The minimum absolute atomic E-state index is 0.138. The van der Waals surface area contributed by atoms with E-state index >= 15 is 0 Å². The van der Waals surface area contributed by atoms with Crippen molar-refractivity contribution in [3.8, 4) is 0 Å². The normalized spacial score (nSPS) is 11.0. The van der Waals surface area contributed by atoms with Crippen molar-refractivity contribution in [3.63, 3.8) is 0 Å². The van der Waals surface area contributed by atoms with E-state index in [4.69, 9.17) is 4.98 Å². The zero-order valence-electron chi connectivity index (χ0n) is 18.5. The molecule has 3 aromatic carbocycles. The third-order valence-electron chi connectivity index (χ3n) is 5.80. The summed E-state index contributed by atoms with van der Waals surface area (Å²) in [5, 5.41) is 3.06. The highest BCUT2D eigenvalue weighted by molar-refractivity contribution is 5.76. The molecule has 0 atom stereocenters. The van der Waals surface area contributed by atoms with Crippen LogP contribution in [-0.4, -0.2) is 22.0 Å². The van der Waals surface area contributed by atoms with Gasteiger partial charge in [-0.1, -0.05) is 79.2 Å². The lowest BCUT2D eigenvalue weighted by atomic mass is 10.1. The summed E-state index contributed by atoms with van der Waals surface area (Å²) in [4.78, 5) is 17.0. The molecular formula is C28H31N3O. The number of aromatic nitrogens is 2. The first-order valence-electron chi connectivity index (χ1n) is 11.6. The van der Waals surface area contributed by atoms with Crippen molar-refractivity contribution >= 4 is 16.9 Å². The van der Waals surface area contributed by atoms with Crippen LogP contribution in [0.3, 0.4) is 0 Å². The van der Waals surface area contributed by atoms with E-state index in [0.29, 0.717) is 6.42 Å². The molecule has 4 heteroatoms. The van der Waals surface area contributed by atoms with Crippen LogP contribution >= 0.6 is 0 Å². The average molecular weight is 426 g/mol. The summed E-state index contributed by atoms with van der Waals surface area (Å²) in [6.45, 7) is 1.59. The maximum atomic E-state index is 12.1. The standard InChI is InChI=1S/C28H31N3O/c32-28(20-19-23-12-4-1-5-13-23)29-21-11-3-8-18-27-30-25-16-9-10-17-26(25)31(27)22-24-14-6-2-7-15-24/h1-2,4-7,9-10,12-17H,3,8,11,18-22H2,(H,29,32). The largest absolute Gasteiger partial charge is 0.356 e. The summed E-state index contributed by atoms with van der Waals surface area (Å²) in [7, 11) is 0. The van der Waals surface area contributed by atoms with E-state index in [0.717, 1.165) is 56.5 Å². The van der Waals surface area contributed by atoms with Gasteiger partial charge < -0.3 is 9.88 Å². The number of benzene rings is 3. The number of hydrogen-bond donors (Lipinski definition) is 1. The average Bonchev–Trinajstić information content (AvgIpc) is 3.18. The zero-order valence-corrected chi connectivity index (χ0v) is 18.5. The Balaban J connectivity index is 1.23. The highest BCUT2D eigenvalue weighted by atomic mass is 16.1. The van der Waals surface area contributed by atoms with Gasteiger partial charge in [-0.2, -0.15) is 0 Å². The maximum Gasteiger partial charge on any atom is 0.220 e. The summed E-state index contributed by atoms with van der Waals surface area (Å²) in [5.41, 5.74) is 4.75. The summed E-state index contributed by atoms with van der Waals surface area (Å²) in [6.07, 6.45) is 5.43. The molecule has 0 aliphatic heterocycles. The van der Waals surface area contributed by atoms with Crippen LogP contribution in [0.15, 0.2) is 84.9 Å². The van der Waals surface area contributed by atoms with Crippen molar-refractivity contribution in [1.29, 1.82) is 0 Å². The van der Waals surface area contributed by atoms with Gasteiger partial charge in [-0.05, 0) is 42.5 Å². The van der Waals surface area contributed by atoms with Gasteiger partial charge in [0.25, 0.3) is 0 Å². The molecule has 4 nitrogen and oxygen atoms in total. The molecule has 0 aliphatic rings. The van der Waals surface area contributed by atoms with Crippen molar-refractivity contribution in [2.24, 2.45) is 0 Å². The minimum atomic E-state index is 0.138. The van der Waals surface area contributed by atoms with E-state index in [9.17, 15) is 4.79 Å². The molecule has 0 saturated carbocycles. The molecular weight excluding hydrogens is 394 g/mol. The molecule has 1 heterocycles. The summed E-state index contributed by atoms with van der Waals surface area (Å²) in [5.74, 6) is 1.28. The Bertz CT molecular complexity index is 1120. The fraction of sp³-hybridized carbons (Fsp3) is 0.286. The second-order valence-corrected chi connectivity index (χ2v) is 8.23. The van der Waals surface area contributed by atoms with Gasteiger partial charge in [0.2, 0.25) is 5.91 Å². The van der Waals surface area contributed by atoms with Gasteiger partial charge in [-0.15, -0.1) is 0 Å². The van der Waals surface area contributed by atoms with E-state index in [1.54, 1.807) is 0 Å². The lowest BCUT2D eigenvalue weighted by Gasteiger charge is -2.10. The van der Waals surface area contributed by atoms with Crippen molar-refractivity contribution in [1.82, 2.24) is 14.9 Å². The Kier molecular flexibility index (Phi) is 7.69. The summed E-state index contributed by atoms with van der Waals surface area (Å²) in [6, 6.07) is 29.1. The molecule has 0 aliphatic carbocycles. The van der Waals surface area contributed by atoms with Crippen LogP contribution in [0.2, 0.25) is 0 Å². The van der Waals surface area contributed by atoms with Crippen LogP contribution in [0.4, 0.5) is 0 Å². The summed E-state index contributed by atoms with van der Waals surface area (Å²) < 4.78 is 2.34. The van der Waals surface area contributed by atoms with Gasteiger partial charge in [0.05, 0.1) is 11.0 Å². The molecule has 1 amide bonds. The van der Waals surface area contributed by atoms with Crippen molar-refractivity contribution in [2.75, 3.05) is 6.54 Å². The number of nitrogens with one attached hydrogen (secondary N) is 1. The second-order valence-electron chi connectivity index (χ2n) is 8.23. The molecule has 32 heavy (non-hydrogen) atoms. The lowest BCUT2D eigenvalue weighted by Crippen LogP contribution is -2.24. The molecule has 0 radical (unpaired) electrons. The van der Waals surface area contributed by atoms with Gasteiger partial charge >= 0.3 is 0 Å². The molecule has 0 unspecified atom stereocenters. The fourth-order valence-electron chi connectivity index (χ4n) is 4.06. The molecule has 1 aromatic heterocycles. The van der Waals surface area contributed by atoms with Gasteiger partial charge in [-0.25, -0.2) is 4.98 Å². The topological polar surface area (TPSA) is 46.9 Å². The van der Waals surface area contributed by atoms with Crippen LogP contribution in [0, 0.1) is 0 Å². The quantitative estimate of drug-likeness (QED) is 0.320. The number of nitrogens with zero attached hydrogens (tertiary/aromatic N) is 2. The molecule has 0 saturated heterocycles. The predicted octanol–water partition coefficient (Wildman–Crippen LogP) is 5.55. The number of amides is 1. The third kappa shape index (κ3) is 6.07. The smallest absolute Gasteiger partial charge is 0.220 e. The number of carbonyl (C=O) groups is 1. The van der Waals surface area contributed by atoms with Crippen LogP contribution in [0.5, 0.6) is 0 Å². The monoisotopic (exact) mass is 425 g/mol. The number of carbonyl (C=O) groups excluding carboxylic acids is 1. The van der Waals surface area contributed by atoms with E-state index in [1.165, 1.54) is 16.6 Å². The van der Waals surface area contributed by atoms with E-state index in [2.05, 4.69) is 70.5 Å². The van der Waals surface area contributed by atoms with Crippen LogP contribution in [0.25, 0.3) is 11.0 Å². The minimum Gasteiger partial charge on any atom is -0.356 e. The Morgan fingerprint density at radius 3 is 2.22 bits per heavy atom. The number of rotatable bonds is 11. The number of unbranched alkanes of at least 4 members (excludes halogenated alkanes) is 2. The van der Waals surface area contributed by atoms with Crippen LogP contribution < -0.4 is 5.32 Å². The number of fused-ring (bicyclic) bond motifs is 1.